The molecule has 1 unspecified atom stereocenters. The molecule has 0 saturated carbocycles. The summed E-state index contributed by atoms with van der Waals surface area (Å²) in [7, 11) is 0. The molecular weight excluding hydrogens is 1360 g/mol. The second-order valence-electron chi connectivity index (χ2n) is 23.7. The highest BCUT2D eigenvalue weighted by atomic mass is 79.9. The van der Waals surface area contributed by atoms with Crippen LogP contribution < -0.4 is 32.0 Å². The van der Waals surface area contributed by atoms with Crippen LogP contribution >= 0.6 is 28.3 Å². The van der Waals surface area contributed by atoms with Crippen LogP contribution in [-0.4, -0.2) is 116 Å². The Morgan fingerprint density at radius 1 is 0.515 bits per heavy atom. The number of amides is 2. The molecule has 0 saturated heterocycles. The molecule has 12 heterocycles. The van der Waals surface area contributed by atoms with E-state index in [1.54, 1.807) is 30.5 Å². The maximum atomic E-state index is 12.4. The van der Waals surface area contributed by atoms with Crippen molar-refractivity contribution in [2.75, 3.05) is 43.7 Å². The zero-order valence-electron chi connectivity index (χ0n) is 60.9. The van der Waals surface area contributed by atoms with Crippen molar-refractivity contribution in [2.45, 2.75) is 160 Å². The molecule has 21 nitrogen and oxygen atoms in total. The molecule has 2 amide bonds. The summed E-state index contributed by atoms with van der Waals surface area (Å²) in [4.78, 5) is 77.9. The van der Waals surface area contributed by atoms with Gasteiger partial charge in [-0.15, -0.1) is 12.4 Å². The van der Waals surface area contributed by atoms with E-state index in [-0.39, 0.29) is 29.8 Å². The number of nitrogens with one attached hydrogen (secondary N) is 7. The number of alkyl halides is 1. The zero-order chi connectivity index (χ0) is 72.3. The number of rotatable bonds is 21. The lowest BCUT2D eigenvalue weighted by Gasteiger charge is -2.13. The molecule has 0 aliphatic carbocycles. The number of halogens is 2. The van der Waals surface area contributed by atoms with Crippen LogP contribution in [0.3, 0.4) is 0 Å². The maximum Gasteiger partial charge on any atom is 0.261 e. The average Bonchev–Trinajstić information content (AvgIpc) is 1.66. The van der Waals surface area contributed by atoms with Gasteiger partial charge >= 0.3 is 0 Å². The number of ether oxygens (including phenoxy) is 3. The van der Waals surface area contributed by atoms with E-state index < -0.39 is 0 Å². The van der Waals surface area contributed by atoms with Gasteiger partial charge in [-0.1, -0.05) is 94.8 Å². The molecule has 1 aliphatic rings. The summed E-state index contributed by atoms with van der Waals surface area (Å²) >= 11 is 3.15. The number of hydrogen-bond acceptors (Lipinski definition) is 14. The van der Waals surface area contributed by atoms with Gasteiger partial charge in [-0.3, -0.25) is 40.1 Å². The van der Waals surface area contributed by atoms with E-state index in [0.29, 0.717) is 61.7 Å². The van der Waals surface area contributed by atoms with Gasteiger partial charge in [-0.25, -0.2) is 9.97 Å². The monoisotopic (exact) mass is 1460 g/mol. The van der Waals surface area contributed by atoms with Gasteiger partial charge in [-0.05, 0) is 188 Å². The normalized spacial score (nSPS) is 11.4. The van der Waals surface area contributed by atoms with Crippen molar-refractivity contribution in [1.29, 1.82) is 0 Å². The number of H-pyrrole nitrogens is 6. The van der Waals surface area contributed by atoms with Crippen molar-refractivity contribution in [2.24, 2.45) is 11.6 Å². The minimum Gasteiger partial charge on any atom is -0.478 e. The van der Waals surface area contributed by atoms with Gasteiger partial charge in [0.05, 0.1) is 97.5 Å². The molecule has 23 heteroatoms. The molecule has 1 atom stereocenters. The zero-order valence-corrected chi connectivity index (χ0v) is 63.3. The third-order valence-corrected chi connectivity index (χ3v) is 15.8. The smallest absolute Gasteiger partial charge is 0.261 e. The third kappa shape index (κ3) is 24.8. The SMILES string of the molecule is CCBr.CCCCC(C)OCC.CCCc1c[nH]c2ccc(=O)[nH]c12.CCCc1c[nH]c2ccc(C)nc12.CCCc1c[nH]c2ccc(OCC)nc12.CCOc1ccc2[nH]cc(CCN)c2n1.Cc1ccc(NN)cn1.Cc1ccc2[nH]cc(CCN3C(=O)c4ccccc4C3=O)c2n1.Cl. The van der Waals surface area contributed by atoms with E-state index >= 15 is 0 Å². The molecule has 0 bridgehead atoms. The first-order valence-electron chi connectivity index (χ1n) is 35.0. The number of unbranched alkanes of at least 4 members (excludes halogenated alkanes) is 1. The number of aryl methyl sites for hydroxylation is 6. The number of pyridine rings is 6. The Morgan fingerprint density at radius 2 is 0.941 bits per heavy atom. The molecular formula is C78H105BrClN15O6. The summed E-state index contributed by atoms with van der Waals surface area (Å²) in [5.41, 5.74) is 29.0. The molecule has 101 heavy (non-hydrogen) atoms. The van der Waals surface area contributed by atoms with Crippen molar-refractivity contribution in [3.8, 4) is 11.8 Å². The third-order valence-electron chi connectivity index (χ3n) is 15.8. The quantitative estimate of drug-likeness (QED) is 0.0140. The standard InChI is InChI=1S/C18H15N3O2.C12H16N2O.C11H15N3O.C11H14N2.C10H12N2O.C8H18O.C6H9N3.C2H5Br.ClH/c1-11-6-7-15-16(20-11)12(10-19-15)8-9-21-17(22)13-4-2-3-5-14(13)18(21)23;1-3-5-9-8-13-10-6-7-11(15-4-2)14-12(9)10;1-2-15-10-4-3-9-11(14-10)8(5-6-12)7-13-9;1-3-4-9-7-12-10-6-5-8(2)13-11(9)10;1-2-3-7-6-11-8-4-5-9(13)12-10(7)8;1-4-6-7-8(3)9-5-2;1-5-2-3-6(9-7)4-8-5;1-2-3;/h2-7,10,19H,8-9H2,1H3;6-8,13H,3-5H2,1-2H3;3-4,7,13H,2,5-6,12H2,1H3;5-7,12H,3-4H2,1-2H3;4-6,11H,2-3H2,1H3,(H,12,13);8H,4-7H2,1-3H3;2-4,9H,7H2,1H3;2H2,1H3;1H. The van der Waals surface area contributed by atoms with Crippen molar-refractivity contribution >= 4 is 101 Å². The van der Waals surface area contributed by atoms with Crippen LogP contribution in [0.4, 0.5) is 5.69 Å². The first-order chi connectivity index (χ1) is 48.5. The number of nitrogens with zero attached hydrogens (tertiary/aromatic N) is 6. The second-order valence-corrected chi connectivity index (χ2v) is 24.8. The van der Waals surface area contributed by atoms with Crippen molar-refractivity contribution in [3.05, 3.63) is 201 Å². The predicted molar refractivity (Wildman–Crippen MR) is 419 cm³/mol. The van der Waals surface area contributed by atoms with Crippen molar-refractivity contribution < 1.29 is 23.8 Å². The van der Waals surface area contributed by atoms with Gasteiger partial charge in [0.2, 0.25) is 17.3 Å². The maximum absolute atomic E-state index is 12.4. The van der Waals surface area contributed by atoms with Crippen LogP contribution in [0.5, 0.6) is 11.8 Å². The molecule has 11 aromatic heterocycles. The Morgan fingerprint density at radius 3 is 1.38 bits per heavy atom. The molecule has 0 radical (unpaired) electrons. The second kappa shape index (κ2) is 44.1. The van der Waals surface area contributed by atoms with Gasteiger partial charge in [-0.2, -0.15) is 0 Å². The van der Waals surface area contributed by atoms with E-state index in [0.717, 1.165) is 140 Å². The van der Waals surface area contributed by atoms with Gasteiger partial charge in [0, 0.05) is 84.7 Å². The highest BCUT2D eigenvalue weighted by molar-refractivity contribution is 9.09. The Bertz CT molecular complexity index is 4340. The summed E-state index contributed by atoms with van der Waals surface area (Å²) in [5.74, 6) is 6.06. The number of anilines is 1. The summed E-state index contributed by atoms with van der Waals surface area (Å²) in [5, 5.41) is 1.06. The minimum absolute atomic E-state index is 0. The van der Waals surface area contributed by atoms with Crippen LogP contribution in [0.25, 0.3) is 55.2 Å². The fourth-order valence-electron chi connectivity index (χ4n) is 10.9. The van der Waals surface area contributed by atoms with Crippen molar-refractivity contribution in [3.63, 3.8) is 0 Å². The number of nitrogen functional groups attached to an aromatic ring is 1. The minimum atomic E-state index is -0.213. The van der Waals surface area contributed by atoms with Crippen LogP contribution in [0.2, 0.25) is 0 Å². The number of imide groups is 1. The number of aromatic nitrogens is 11. The number of benzene rings is 1. The van der Waals surface area contributed by atoms with Crippen LogP contribution in [0.15, 0.2) is 139 Å². The van der Waals surface area contributed by atoms with Gasteiger partial charge in [0.1, 0.15) is 0 Å². The number of carbonyl (C=O) groups excluding carboxylic acids is 2. The lowest BCUT2D eigenvalue weighted by Crippen LogP contribution is -2.31. The largest absolute Gasteiger partial charge is 0.478 e. The molecule has 0 fully saturated rings. The molecule has 542 valence electrons. The van der Waals surface area contributed by atoms with Crippen molar-refractivity contribution in [1.82, 2.24) is 59.7 Å². The Balaban J connectivity index is 0.000000215. The molecule has 13 rings (SSSR count). The summed E-state index contributed by atoms with van der Waals surface area (Å²) in [6, 6.07) is 29.9. The summed E-state index contributed by atoms with van der Waals surface area (Å²) < 4.78 is 16.1. The highest BCUT2D eigenvalue weighted by Crippen LogP contribution is 2.26. The van der Waals surface area contributed by atoms with Gasteiger partial charge in [0.25, 0.3) is 11.8 Å². The van der Waals surface area contributed by atoms with Crippen LogP contribution in [0.1, 0.15) is 166 Å². The number of hydrazine groups is 1. The topological polar surface area (TPSA) is 305 Å². The predicted octanol–water partition coefficient (Wildman–Crippen LogP) is 16.8. The highest BCUT2D eigenvalue weighted by Gasteiger charge is 2.34. The Hall–Kier alpha value is -9.19. The Labute approximate surface area is 608 Å². The van der Waals surface area contributed by atoms with Crippen LogP contribution in [0, 0.1) is 20.8 Å². The van der Waals surface area contributed by atoms with E-state index in [1.807, 2.05) is 134 Å². The molecule has 1 aromatic carbocycles. The molecule has 0 spiro atoms. The summed E-state index contributed by atoms with van der Waals surface area (Å²) in [6.45, 7) is 27.9. The van der Waals surface area contributed by atoms with E-state index in [4.69, 9.17) is 25.8 Å². The first-order valence-corrected chi connectivity index (χ1v) is 36.1. The Kier molecular flexibility index (Phi) is 36.0. The molecule has 12 aromatic rings. The molecule has 11 N–H and O–H groups in total. The number of nitrogens with two attached hydrogens (primary N) is 2. The number of fused-ring (bicyclic) bond motifs is 6. The molecule has 1 aliphatic heterocycles. The number of carbonyl (C=O) groups is 2. The fraction of sp³-hybridized carbons (Fsp3) is 0.385. The van der Waals surface area contributed by atoms with E-state index in [2.05, 4.69) is 123 Å². The lowest BCUT2D eigenvalue weighted by atomic mass is 10.1. The van der Waals surface area contributed by atoms with Gasteiger partial charge in [0.15, 0.2) is 0 Å². The fourth-order valence-corrected chi connectivity index (χ4v) is 10.9. The van der Waals surface area contributed by atoms with E-state index in [1.165, 1.54) is 53.3 Å². The lowest BCUT2D eigenvalue weighted by molar-refractivity contribution is 0.0655. The first kappa shape index (κ1) is 82.5. The van der Waals surface area contributed by atoms with Crippen LogP contribution in [-0.2, 0) is 36.8 Å². The number of aromatic amines is 6. The summed E-state index contributed by atoms with van der Waals surface area (Å²) in [6.07, 6.45) is 23.8. The average molecular weight is 1460 g/mol. The van der Waals surface area contributed by atoms with Gasteiger partial charge < -0.3 is 55.3 Å². The van der Waals surface area contributed by atoms with E-state index in [9.17, 15) is 14.4 Å². The number of hydrogen-bond donors (Lipinski definition) is 9.